The average Bonchev–Trinajstić information content (AvgIpc) is 3.25. The van der Waals surface area contributed by atoms with Crippen LogP contribution in [0, 0.1) is 5.41 Å². The van der Waals surface area contributed by atoms with Crippen molar-refractivity contribution in [2.24, 2.45) is 5.41 Å². The molecule has 1 fully saturated rings. The van der Waals surface area contributed by atoms with Crippen LogP contribution in [0.4, 0.5) is 5.82 Å². The lowest BCUT2D eigenvalue weighted by molar-refractivity contribution is 0.475. The summed E-state index contributed by atoms with van der Waals surface area (Å²) in [6.45, 7) is 2.62. The molecule has 0 amide bonds. The predicted octanol–water partition coefficient (Wildman–Crippen LogP) is 2.29. The first kappa shape index (κ1) is 14.3. The minimum absolute atomic E-state index is 0.180. The van der Waals surface area contributed by atoms with Crippen molar-refractivity contribution in [1.29, 1.82) is 0 Å². The molecule has 1 aromatic heterocycles. The van der Waals surface area contributed by atoms with E-state index in [-0.39, 0.29) is 10.3 Å². The van der Waals surface area contributed by atoms with E-state index in [1.165, 1.54) is 0 Å². The minimum Gasteiger partial charge on any atom is -0.384 e. The van der Waals surface area contributed by atoms with Crippen molar-refractivity contribution in [3.05, 3.63) is 30.3 Å². The van der Waals surface area contributed by atoms with Crippen molar-refractivity contribution in [3.8, 4) is 0 Å². The molecule has 0 aliphatic heterocycles. The maximum absolute atomic E-state index is 12.4. The molecule has 1 aliphatic rings. The molecular weight excluding hydrogens is 286 g/mol. The van der Waals surface area contributed by atoms with Gasteiger partial charge in [-0.1, -0.05) is 6.92 Å². The van der Waals surface area contributed by atoms with Crippen molar-refractivity contribution in [2.45, 2.75) is 31.1 Å². The van der Waals surface area contributed by atoms with Crippen LogP contribution in [0.5, 0.6) is 0 Å². The molecular formula is C15H19N3O2S. The first-order valence-electron chi connectivity index (χ1n) is 7.10. The molecule has 1 aliphatic carbocycles. The van der Waals surface area contributed by atoms with E-state index in [0.29, 0.717) is 17.9 Å². The number of benzene rings is 1. The van der Waals surface area contributed by atoms with Gasteiger partial charge in [-0.25, -0.2) is 18.1 Å². The van der Waals surface area contributed by atoms with Gasteiger partial charge in [0.25, 0.3) is 0 Å². The fourth-order valence-corrected chi connectivity index (χ4v) is 3.64. The van der Waals surface area contributed by atoms with Gasteiger partial charge in [-0.15, -0.1) is 0 Å². The number of hydrogen-bond acceptors (Lipinski definition) is 4. The molecule has 1 heterocycles. The van der Waals surface area contributed by atoms with Gasteiger partial charge in [-0.05, 0) is 55.0 Å². The summed E-state index contributed by atoms with van der Waals surface area (Å²) in [5, 5.41) is 0.767. The Morgan fingerprint density at radius 1 is 1.29 bits per heavy atom. The lowest BCUT2D eigenvalue weighted by atomic mass is 10.1. The molecule has 0 unspecified atom stereocenters. The number of hydrogen-bond donors (Lipinski definition) is 2. The summed E-state index contributed by atoms with van der Waals surface area (Å²) in [5.41, 5.74) is 6.50. The van der Waals surface area contributed by atoms with Crippen molar-refractivity contribution >= 4 is 26.7 Å². The van der Waals surface area contributed by atoms with E-state index < -0.39 is 10.0 Å². The highest BCUT2D eigenvalue weighted by atomic mass is 32.2. The molecule has 21 heavy (non-hydrogen) atoms. The van der Waals surface area contributed by atoms with Gasteiger partial charge in [-0.3, -0.25) is 0 Å². The van der Waals surface area contributed by atoms with Crippen LogP contribution in [-0.2, 0) is 10.0 Å². The smallest absolute Gasteiger partial charge is 0.240 e. The second-order valence-electron chi connectivity index (χ2n) is 5.77. The second-order valence-corrected chi connectivity index (χ2v) is 7.54. The summed E-state index contributed by atoms with van der Waals surface area (Å²) >= 11 is 0. The van der Waals surface area contributed by atoms with Gasteiger partial charge >= 0.3 is 0 Å². The van der Waals surface area contributed by atoms with Gasteiger partial charge in [0.1, 0.15) is 5.82 Å². The zero-order valence-corrected chi connectivity index (χ0v) is 12.8. The maximum Gasteiger partial charge on any atom is 0.240 e. The molecule has 0 atom stereocenters. The number of aromatic nitrogens is 1. The SMILES string of the molecule is CCC1(CNS(=O)(=O)c2ccc3nc(N)ccc3c2)CC1. The molecule has 1 aromatic carbocycles. The Morgan fingerprint density at radius 3 is 2.71 bits per heavy atom. The van der Waals surface area contributed by atoms with E-state index in [1.807, 2.05) is 0 Å². The number of nitrogens with zero attached hydrogens (tertiary/aromatic N) is 1. The zero-order valence-electron chi connectivity index (χ0n) is 12.0. The first-order chi connectivity index (χ1) is 9.94. The number of nitrogens with one attached hydrogen (secondary N) is 1. The van der Waals surface area contributed by atoms with E-state index in [1.54, 1.807) is 30.3 Å². The number of anilines is 1. The molecule has 3 N–H and O–H groups in total. The fraction of sp³-hybridized carbons (Fsp3) is 0.400. The van der Waals surface area contributed by atoms with Crippen LogP contribution in [0.1, 0.15) is 26.2 Å². The molecule has 0 spiro atoms. The monoisotopic (exact) mass is 305 g/mol. The number of pyridine rings is 1. The van der Waals surface area contributed by atoms with Gasteiger partial charge < -0.3 is 5.73 Å². The van der Waals surface area contributed by atoms with Crippen molar-refractivity contribution < 1.29 is 8.42 Å². The zero-order chi connectivity index (χ0) is 15.1. The van der Waals surface area contributed by atoms with Gasteiger partial charge in [0.15, 0.2) is 0 Å². The normalized spacial score (nSPS) is 17.0. The molecule has 112 valence electrons. The van der Waals surface area contributed by atoms with E-state index in [4.69, 9.17) is 5.73 Å². The van der Waals surface area contributed by atoms with E-state index in [2.05, 4.69) is 16.6 Å². The Morgan fingerprint density at radius 2 is 2.05 bits per heavy atom. The minimum atomic E-state index is -3.47. The van der Waals surface area contributed by atoms with Crippen LogP contribution >= 0.6 is 0 Å². The van der Waals surface area contributed by atoms with Crippen molar-refractivity contribution in [3.63, 3.8) is 0 Å². The molecule has 0 radical (unpaired) electrons. The number of fused-ring (bicyclic) bond motifs is 1. The Bertz CT molecular complexity index is 783. The van der Waals surface area contributed by atoms with Gasteiger partial charge in [0.05, 0.1) is 10.4 Å². The lowest BCUT2D eigenvalue weighted by Crippen LogP contribution is -2.30. The highest BCUT2D eigenvalue weighted by molar-refractivity contribution is 7.89. The Hall–Kier alpha value is -1.66. The lowest BCUT2D eigenvalue weighted by Gasteiger charge is -2.14. The third-order valence-electron chi connectivity index (χ3n) is 4.34. The van der Waals surface area contributed by atoms with Crippen LogP contribution in [0.3, 0.4) is 0 Å². The van der Waals surface area contributed by atoms with Gasteiger partial charge in [0, 0.05) is 11.9 Å². The van der Waals surface area contributed by atoms with E-state index >= 15 is 0 Å². The highest BCUT2D eigenvalue weighted by Gasteiger charge is 2.41. The molecule has 0 saturated heterocycles. The van der Waals surface area contributed by atoms with Crippen molar-refractivity contribution in [1.82, 2.24) is 9.71 Å². The number of nitrogens with two attached hydrogens (primary N) is 1. The highest BCUT2D eigenvalue weighted by Crippen LogP contribution is 2.48. The summed E-state index contributed by atoms with van der Waals surface area (Å²) in [5.74, 6) is 0.426. The second kappa shape index (κ2) is 4.96. The van der Waals surface area contributed by atoms with E-state index in [0.717, 1.165) is 24.6 Å². The van der Waals surface area contributed by atoms with Crippen LogP contribution in [-0.4, -0.2) is 19.9 Å². The Balaban J connectivity index is 1.86. The third-order valence-corrected chi connectivity index (χ3v) is 5.74. The predicted molar refractivity (Wildman–Crippen MR) is 83.3 cm³/mol. The summed E-state index contributed by atoms with van der Waals surface area (Å²) in [7, 11) is -3.47. The van der Waals surface area contributed by atoms with Crippen LogP contribution < -0.4 is 10.5 Å². The number of sulfonamides is 1. The molecule has 5 nitrogen and oxygen atoms in total. The third kappa shape index (κ3) is 2.87. The fourth-order valence-electron chi connectivity index (χ4n) is 2.45. The van der Waals surface area contributed by atoms with Crippen LogP contribution in [0.2, 0.25) is 0 Å². The van der Waals surface area contributed by atoms with Gasteiger partial charge in [0.2, 0.25) is 10.0 Å². The average molecular weight is 305 g/mol. The first-order valence-corrected chi connectivity index (χ1v) is 8.58. The van der Waals surface area contributed by atoms with Crippen LogP contribution in [0.25, 0.3) is 10.9 Å². The summed E-state index contributed by atoms with van der Waals surface area (Å²) in [6.07, 6.45) is 3.22. The molecule has 1 saturated carbocycles. The largest absolute Gasteiger partial charge is 0.384 e. The topological polar surface area (TPSA) is 85.1 Å². The Labute approximate surface area is 124 Å². The Kier molecular flexibility index (Phi) is 3.37. The number of nitrogen functional groups attached to an aromatic ring is 1. The summed E-state index contributed by atoms with van der Waals surface area (Å²) in [4.78, 5) is 4.44. The molecule has 3 rings (SSSR count). The summed E-state index contributed by atoms with van der Waals surface area (Å²) < 4.78 is 27.5. The molecule has 6 heteroatoms. The number of rotatable bonds is 5. The van der Waals surface area contributed by atoms with Gasteiger partial charge in [-0.2, -0.15) is 0 Å². The molecule has 0 bridgehead atoms. The van der Waals surface area contributed by atoms with Crippen LogP contribution in [0.15, 0.2) is 35.2 Å². The summed E-state index contributed by atoms with van der Waals surface area (Å²) in [6, 6.07) is 8.35. The standard InChI is InChI=1S/C15H19N3O2S/c1-2-15(7-8-15)10-17-21(19,20)12-4-5-13-11(9-12)3-6-14(16)18-13/h3-6,9,17H,2,7-8,10H2,1H3,(H2,16,18). The maximum atomic E-state index is 12.4. The molecule has 2 aromatic rings. The van der Waals surface area contributed by atoms with Crippen molar-refractivity contribution in [2.75, 3.05) is 12.3 Å². The quantitative estimate of drug-likeness (QED) is 0.887. The van der Waals surface area contributed by atoms with E-state index in [9.17, 15) is 8.42 Å².